The monoisotopic (exact) mass is 374 g/mol. The van der Waals surface area contributed by atoms with Crippen LogP contribution in [0.15, 0.2) is 63.1 Å². The number of aromatic nitrogens is 2. The third-order valence-corrected chi connectivity index (χ3v) is 5.68. The first kappa shape index (κ1) is 16.2. The van der Waals surface area contributed by atoms with Crippen LogP contribution in [0.5, 0.6) is 0 Å². The van der Waals surface area contributed by atoms with Gasteiger partial charge >= 0.3 is 5.69 Å². The number of halogens is 2. The van der Waals surface area contributed by atoms with Gasteiger partial charge < -0.3 is 0 Å². The minimum Gasteiger partial charge on any atom is -0.279 e. The summed E-state index contributed by atoms with van der Waals surface area (Å²) in [6.07, 6.45) is 0. The van der Waals surface area contributed by atoms with Crippen molar-refractivity contribution in [1.82, 2.24) is 9.55 Å². The van der Waals surface area contributed by atoms with Gasteiger partial charge in [-0.3, -0.25) is 14.3 Å². The normalized spacial score (nSPS) is 16.0. The van der Waals surface area contributed by atoms with Crippen LogP contribution in [0.3, 0.4) is 0 Å². The van der Waals surface area contributed by atoms with E-state index in [1.165, 1.54) is 22.4 Å². The molecule has 4 nitrogen and oxygen atoms in total. The number of nitrogens with one attached hydrogen (secondary N) is 1. The van der Waals surface area contributed by atoms with Crippen LogP contribution in [-0.4, -0.2) is 15.3 Å². The van der Waals surface area contributed by atoms with Crippen LogP contribution in [0, 0.1) is 5.82 Å². The van der Waals surface area contributed by atoms with Crippen molar-refractivity contribution in [2.24, 2.45) is 0 Å². The second kappa shape index (κ2) is 6.20. The SMILES string of the molecule is O=c1[nH]c(=O)n2c(c1-c1ccccc1Cl)SCC2c1ccccc1F. The van der Waals surface area contributed by atoms with Crippen molar-refractivity contribution in [1.29, 1.82) is 0 Å². The molecule has 126 valence electrons. The molecule has 0 spiro atoms. The van der Waals surface area contributed by atoms with E-state index in [4.69, 9.17) is 11.6 Å². The van der Waals surface area contributed by atoms with Crippen LogP contribution in [0.1, 0.15) is 11.6 Å². The highest BCUT2D eigenvalue weighted by Crippen LogP contribution is 2.41. The Bertz CT molecular complexity index is 1090. The Morgan fingerprint density at radius 2 is 1.84 bits per heavy atom. The van der Waals surface area contributed by atoms with Gasteiger partial charge in [-0.25, -0.2) is 9.18 Å². The third kappa shape index (κ3) is 2.62. The van der Waals surface area contributed by atoms with E-state index < -0.39 is 17.3 Å². The van der Waals surface area contributed by atoms with Gasteiger partial charge in [-0.15, -0.1) is 11.8 Å². The van der Waals surface area contributed by atoms with Gasteiger partial charge in [0, 0.05) is 21.9 Å². The van der Waals surface area contributed by atoms with E-state index in [1.54, 1.807) is 42.5 Å². The Hall–Kier alpha value is -2.31. The van der Waals surface area contributed by atoms with Gasteiger partial charge in [0.2, 0.25) is 0 Å². The summed E-state index contributed by atoms with van der Waals surface area (Å²) in [7, 11) is 0. The van der Waals surface area contributed by atoms with E-state index in [1.807, 2.05) is 0 Å². The van der Waals surface area contributed by atoms with Gasteiger partial charge in [0.1, 0.15) is 5.82 Å². The van der Waals surface area contributed by atoms with Crippen LogP contribution in [0.2, 0.25) is 5.02 Å². The highest BCUT2D eigenvalue weighted by Gasteiger charge is 2.31. The molecule has 0 fully saturated rings. The van der Waals surface area contributed by atoms with E-state index >= 15 is 0 Å². The molecule has 0 amide bonds. The predicted octanol–water partition coefficient (Wildman–Crippen LogP) is 3.69. The fourth-order valence-electron chi connectivity index (χ4n) is 3.06. The molecule has 7 heteroatoms. The number of hydrogen-bond donors (Lipinski definition) is 1. The first-order chi connectivity index (χ1) is 12.1. The summed E-state index contributed by atoms with van der Waals surface area (Å²) < 4.78 is 15.7. The molecule has 1 unspecified atom stereocenters. The number of nitrogens with zero attached hydrogens (tertiary/aromatic N) is 1. The summed E-state index contributed by atoms with van der Waals surface area (Å²) in [5.41, 5.74) is 0.276. The van der Waals surface area contributed by atoms with E-state index in [0.717, 1.165) is 0 Å². The molecular weight excluding hydrogens is 363 g/mol. The minimum atomic E-state index is -0.547. The minimum absolute atomic E-state index is 0.342. The molecule has 1 aromatic heterocycles. The lowest BCUT2D eigenvalue weighted by Crippen LogP contribution is -2.33. The van der Waals surface area contributed by atoms with Gasteiger partial charge in [-0.05, 0) is 12.1 Å². The summed E-state index contributed by atoms with van der Waals surface area (Å²) in [4.78, 5) is 27.2. The fourth-order valence-corrected chi connectivity index (χ4v) is 4.63. The Morgan fingerprint density at radius 1 is 1.12 bits per heavy atom. The number of hydrogen-bond acceptors (Lipinski definition) is 3. The number of H-pyrrole nitrogens is 1. The second-order valence-electron chi connectivity index (χ2n) is 5.64. The zero-order chi connectivity index (χ0) is 17.6. The number of rotatable bonds is 2. The number of fused-ring (bicyclic) bond motifs is 1. The molecule has 0 bridgehead atoms. The van der Waals surface area contributed by atoms with E-state index in [2.05, 4.69) is 4.98 Å². The first-order valence-corrected chi connectivity index (χ1v) is 8.95. The standard InChI is InChI=1S/C18H12ClFN2O2S/c19-12-7-3-1-5-10(12)15-16(23)21-18(24)22-14(9-25-17(15)22)11-6-2-4-8-13(11)20/h1-8,14H,9H2,(H,21,23,24). The second-order valence-corrected chi connectivity index (χ2v) is 7.05. The Kier molecular flexibility index (Phi) is 4.01. The van der Waals surface area contributed by atoms with Crippen LogP contribution >= 0.6 is 23.4 Å². The van der Waals surface area contributed by atoms with Gasteiger partial charge in [0.15, 0.2) is 0 Å². The average Bonchev–Trinajstić information content (AvgIpc) is 3.02. The zero-order valence-corrected chi connectivity index (χ0v) is 14.4. The Labute approximate surface area is 151 Å². The van der Waals surface area contributed by atoms with Gasteiger partial charge in [0.05, 0.1) is 16.6 Å². The van der Waals surface area contributed by atoms with E-state index in [-0.39, 0.29) is 5.82 Å². The zero-order valence-electron chi connectivity index (χ0n) is 12.8. The molecule has 0 saturated carbocycles. The first-order valence-electron chi connectivity index (χ1n) is 7.59. The molecule has 2 aromatic carbocycles. The van der Waals surface area contributed by atoms with Crippen molar-refractivity contribution in [3.63, 3.8) is 0 Å². The van der Waals surface area contributed by atoms with Crippen LogP contribution < -0.4 is 11.2 Å². The fraction of sp³-hybridized carbons (Fsp3) is 0.111. The maximum absolute atomic E-state index is 14.2. The molecule has 2 heterocycles. The Morgan fingerprint density at radius 3 is 2.60 bits per heavy atom. The van der Waals surface area contributed by atoms with Crippen LogP contribution in [0.4, 0.5) is 4.39 Å². The smallest absolute Gasteiger partial charge is 0.279 e. The molecule has 1 aliphatic heterocycles. The number of thioether (sulfide) groups is 1. The van der Waals surface area contributed by atoms with Gasteiger partial charge in [-0.2, -0.15) is 0 Å². The van der Waals surface area contributed by atoms with E-state index in [9.17, 15) is 14.0 Å². The molecule has 0 saturated heterocycles. The van der Waals surface area contributed by atoms with Crippen molar-refractivity contribution in [2.75, 3.05) is 5.75 Å². The summed E-state index contributed by atoms with van der Waals surface area (Å²) in [5, 5.41) is 0.930. The summed E-state index contributed by atoms with van der Waals surface area (Å²) >= 11 is 7.60. The van der Waals surface area contributed by atoms with Gasteiger partial charge in [0.25, 0.3) is 5.56 Å². The largest absolute Gasteiger partial charge is 0.329 e. The number of aromatic amines is 1. The van der Waals surface area contributed by atoms with E-state index in [0.29, 0.717) is 32.5 Å². The predicted molar refractivity (Wildman–Crippen MR) is 97.0 cm³/mol. The molecule has 0 aliphatic carbocycles. The molecule has 0 radical (unpaired) electrons. The molecule has 25 heavy (non-hydrogen) atoms. The average molecular weight is 375 g/mol. The molecule has 1 aliphatic rings. The lowest BCUT2D eigenvalue weighted by molar-refractivity contribution is 0.531. The quantitative estimate of drug-likeness (QED) is 0.696. The Balaban J connectivity index is 1.98. The molecule has 4 rings (SSSR count). The lowest BCUT2D eigenvalue weighted by Gasteiger charge is -2.15. The van der Waals surface area contributed by atoms with Crippen molar-refractivity contribution >= 4 is 23.4 Å². The van der Waals surface area contributed by atoms with Crippen molar-refractivity contribution in [3.8, 4) is 11.1 Å². The summed E-state index contributed by atoms with van der Waals surface area (Å²) in [6.45, 7) is 0. The molecule has 1 N–H and O–H groups in total. The van der Waals surface area contributed by atoms with Crippen LogP contribution in [0.25, 0.3) is 11.1 Å². The topological polar surface area (TPSA) is 54.9 Å². The maximum atomic E-state index is 14.2. The molecule has 1 atom stereocenters. The van der Waals surface area contributed by atoms with Gasteiger partial charge in [-0.1, -0.05) is 48.0 Å². The summed E-state index contributed by atoms with van der Waals surface area (Å²) in [5.74, 6) is 0.0867. The maximum Gasteiger partial charge on any atom is 0.329 e. The summed E-state index contributed by atoms with van der Waals surface area (Å²) in [6, 6.07) is 12.8. The van der Waals surface area contributed by atoms with Crippen molar-refractivity contribution in [2.45, 2.75) is 11.1 Å². The molecular formula is C18H12ClFN2O2S. The highest BCUT2D eigenvalue weighted by molar-refractivity contribution is 7.99. The molecule has 3 aromatic rings. The van der Waals surface area contributed by atoms with Crippen molar-refractivity contribution < 1.29 is 4.39 Å². The lowest BCUT2D eigenvalue weighted by atomic mass is 10.1. The van der Waals surface area contributed by atoms with Crippen molar-refractivity contribution in [3.05, 3.63) is 85.8 Å². The number of benzene rings is 2. The third-order valence-electron chi connectivity index (χ3n) is 4.20. The highest BCUT2D eigenvalue weighted by atomic mass is 35.5. The van der Waals surface area contributed by atoms with Crippen LogP contribution in [-0.2, 0) is 0 Å².